The number of fused-ring (bicyclic) bond motifs is 1. The molecule has 0 saturated heterocycles. The van der Waals surface area contributed by atoms with Crippen LogP contribution in [0.4, 0.5) is 0 Å². The topological polar surface area (TPSA) is 77.7 Å². The summed E-state index contributed by atoms with van der Waals surface area (Å²) in [4.78, 5) is 18.8. The zero-order valence-electron chi connectivity index (χ0n) is 16.2. The number of nitrogens with two attached hydrogens (primary N) is 1. The van der Waals surface area contributed by atoms with Gasteiger partial charge in [0.2, 0.25) is 0 Å². The number of hydrogen-bond acceptors (Lipinski definition) is 6. The van der Waals surface area contributed by atoms with E-state index in [9.17, 15) is 4.79 Å². The van der Waals surface area contributed by atoms with Gasteiger partial charge in [-0.2, -0.15) is 0 Å². The molecule has 1 atom stereocenters. The highest BCUT2D eigenvalue weighted by Crippen LogP contribution is 2.35. The Morgan fingerprint density at radius 1 is 1.25 bits per heavy atom. The third-order valence-corrected chi connectivity index (χ3v) is 5.40. The van der Waals surface area contributed by atoms with Gasteiger partial charge < -0.3 is 20.1 Å². The largest absolute Gasteiger partial charge is 0.486 e. The molecule has 3 rings (SSSR count). The molecule has 2 N–H and O–H groups in total. The Hall–Kier alpha value is -1.54. The van der Waals surface area contributed by atoms with Crippen LogP contribution in [0.1, 0.15) is 30.8 Å². The maximum Gasteiger partial charge on any atom is 0.273 e. The molecule has 6 nitrogen and oxygen atoms in total. The standard InChI is InChI=1S/C19H25N3O3S.2ClH/c1-12(2)14(20)6-7-22(3)19(23)15-11-26-18(21-15)13-4-5-16-17(10-13)25-9-8-24-16;;/h4-5,10-12,14H,6-9,20H2,1-3H3;2*1H. The average Bonchev–Trinajstić information content (AvgIpc) is 3.14. The summed E-state index contributed by atoms with van der Waals surface area (Å²) in [7, 11) is 1.79. The van der Waals surface area contributed by atoms with Gasteiger partial charge in [-0.1, -0.05) is 13.8 Å². The van der Waals surface area contributed by atoms with Crippen molar-refractivity contribution in [1.29, 1.82) is 0 Å². The van der Waals surface area contributed by atoms with Crippen molar-refractivity contribution in [3.63, 3.8) is 0 Å². The minimum absolute atomic E-state index is 0. The molecule has 2 aromatic rings. The SMILES string of the molecule is CC(C)C(N)CCN(C)C(=O)c1csc(-c2ccc3c(c2)OCCO3)n1.Cl.Cl. The van der Waals surface area contributed by atoms with Crippen molar-refractivity contribution < 1.29 is 14.3 Å². The number of aromatic nitrogens is 1. The first kappa shape index (κ1) is 24.5. The molecule has 1 aromatic heterocycles. The molecule has 0 saturated carbocycles. The van der Waals surface area contributed by atoms with Crippen molar-refractivity contribution in [2.75, 3.05) is 26.8 Å². The Bertz CT molecular complexity index is 786. The molecule has 0 bridgehead atoms. The quantitative estimate of drug-likeness (QED) is 0.726. The number of ether oxygens (including phenoxy) is 2. The molecule has 0 spiro atoms. The molecular weight excluding hydrogens is 421 g/mol. The molecule has 1 unspecified atom stereocenters. The average molecular weight is 448 g/mol. The van der Waals surface area contributed by atoms with Crippen molar-refractivity contribution in [1.82, 2.24) is 9.88 Å². The molecule has 28 heavy (non-hydrogen) atoms. The first-order valence-corrected chi connectivity index (χ1v) is 9.70. The maximum atomic E-state index is 12.6. The third kappa shape index (κ3) is 5.73. The fraction of sp³-hybridized carbons (Fsp3) is 0.474. The Balaban J connectivity index is 0.00000196. The Morgan fingerprint density at radius 2 is 1.93 bits per heavy atom. The lowest BCUT2D eigenvalue weighted by Gasteiger charge is -2.20. The van der Waals surface area contributed by atoms with Crippen molar-refractivity contribution in [2.24, 2.45) is 11.7 Å². The van der Waals surface area contributed by atoms with E-state index in [2.05, 4.69) is 18.8 Å². The van der Waals surface area contributed by atoms with E-state index in [1.165, 1.54) is 11.3 Å². The summed E-state index contributed by atoms with van der Waals surface area (Å²) in [6.45, 7) is 5.91. The normalized spacial score (nSPS) is 13.3. The third-order valence-electron chi connectivity index (χ3n) is 4.51. The number of nitrogens with zero attached hydrogens (tertiary/aromatic N) is 2. The number of halogens is 2. The highest BCUT2D eigenvalue weighted by atomic mass is 35.5. The van der Waals surface area contributed by atoms with Gasteiger partial charge in [0, 0.05) is 30.6 Å². The van der Waals surface area contributed by atoms with Gasteiger partial charge in [-0.05, 0) is 30.5 Å². The van der Waals surface area contributed by atoms with Crippen LogP contribution in [0.25, 0.3) is 10.6 Å². The van der Waals surface area contributed by atoms with E-state index < -0.39 is 0 Å². The highest BCUT2D eigenvalue weighted by molar-refractivity contribution is 7.13. The van der Waals surface area contributed by atoms with Crippen molar-refractivity contribution >= 4 is 42.1 Å². The molecule has 2 heterocycles. The number of thiazole rings is 1. The number of carbonyl (C=O) groups excluding carboxylic acids is 1. The van der Waals surface area contributed by atoms with E-state index in [-0.39, 0.29) is 36.8 Å². The molecule has 1 aliphatic heterocycles. The fourth-order valence-electron chi connectivity index (χ4n) is 2.65. The van der Waals surface area contributed by atoms with E-state index in [1.54, 1.807) is 17.3 Å². The number of rotatable bonds is 6. The lowest BCUT2D eigenvalue weighted by molar-refractivity contribution is 0.0784. The van der Waals surface area contributed by atoms with E-state index in [0.717, 1.165) is 28.5 Å². The Kier molecular flexibility index (Phi) is 9.50. The monoisotopic (exact) mass is 447 g/mol. The number of hydrogen-bond donors (Lipinski definition) is 1. The summed E-state index contributed by atoms with van der Waals surface area (Å²) < 4.78 is 11.2. The second kappa shape index (κ2) is 10.9. The summed E-state index contributed by atoms with van der Waals surface area (Å²) >= 11 is 1.45. The number of amides is 1. The van der Waals surface area contributed by atoms with Crippen LogP contribution >= 0.6 is 36.2 Å². The molecule has 1 aromatic carbocycles. The van der Waals surface area contributed by atoms with E-state index in [1.807, 2.05) is 18.2 Å². The van der Waals surface area contributed by atoms with Crippen LogP contribution in [0.2, 0.25) is 0 Å². The predicted octanol–water partition coefficient (Wildman–Crippen LogP) is 3.87. The number of carbonyl (C=O) groups is 1. The lowest BCUT2D eigenvalue weighted by Crippen LogP contribution is -2.34. The van der Waals surface area contributed by atoms with Gasteiger partial charge in [0.05, 0.1) is 0 Å². The van der Waals surface area contributed by atoms with E-state index in [0.29, 0.717) is 31.4 Å². The second-order valence-electron chi connectivity index (χ2n) is 6.82. The molecule has 1 amide bonds. The minimum atomic E-state index is -0.0824. The molecule has 1 aliphatic rings. The molecule has 9 heteroatoms. The van der Waals surface area contributed by atoms with Gasteiger partial charge in [0.1, 0.15) is 23.9 Å². The molecule has 0 aliphatic carbocycles. The summed E-state index contributed by atoms with van der Waals surface area (Å²) in [5.41, 5.74) is 7.44. The summed E-state index contributed by atoms with van der Waals surface area (Å²) in [5.74, 6) is 1.78. The molecular formula is C19H27Cl2N3O3S. The Morgan fingerprint density at radius 3 is 2.61 bits per heavy atom. The van der Waals surface area contributed by atoms with Gasteiger partial charge >= 0.3 is 0 Å². The van der Waals surface area contributed by atoms with Crippen LogP contribution in [0.3, 0.4) is 0 Å². The lowest BCUT2D eigenvalue weighted by atomic mass is 10.0. The van der Waals surface area contributed by atoms with Crippen molar-refractivity contribution in [3.8, 4) is 22.1 Å². The second-order valence-corrected chi connectivity index (χ2v) is 7.68. The molecule has 0 radical (unpaired) electrons. The molecule has 156 valence electrons. The molecule has 0 fully saturated rings. The van der Waals surface area contributed by atoms with E-state index in [4.69, 9.17) is 15.2 Å². The minimum Gasteiger partial charge on any atom is -0.486 e. The zero-order valence-corrected chi connectivity index (χ0v) is 18.7. The van der Waals surface area contributed by atoms with Crippen LogP contribution in [0, 0.1) is 5.92 Å². The summed E-state index contributed by atoms with van der Waals surface area (Å²) in [6.07, 6.45) is 0.777. The first-order valence-electron chi connectivity index (χ1n) is 8.82. The summed E-state index contributed by atoms with van der Waals surface area (Å²) in [5, 5.41) is 2.59. The van der Waals surface area contributed by atoms with Crippen LogP contribution < -0.4 is 15.2 Å². The summed E-state index contributed by atoms with van der Waals surface area (Å²) in [6, 6.07) is 5.82. The zero-order chi connectivity index (χ0) is 18.7. The van der Waals surface area contributed by atoms with Crippen molar-refractivity contribution in [3.05, 3.63) is 29.3 Å². The highest BCUT2D eigenvalue weighted by Gasteiger charge is 2.19. The van der Waals surface area contributed by atoms with Gasteiger partial charge in [-0.25, -0.2) is 4.98 Å². The maximum absolute atomic E-state index is 12.6. The van der Waals surface area contributed by atoms with Gasteiger partial charge in [-0.3, -0.25) is 4.79 Å². The first-order chi connectivity index (χ1) is 12.5. The fourth-order valence-corrected chi connectivity index (χ4v) is 3.44. The van der Waals surface area contributed by atoms with Crippen molar-refractivity contribution in [2.45, 2.75) is 26.3 Å². The van der Waals surface area contributed by atoms with Crippen LogP contribution in [-0.2, 0) is 0 Å². The van der Waals surface area contributed by atoms with Crippen LogP contribution in [-0.4, -0.2) is 48.6 Å². The van der Waals surface area contributed by atoms with Crippen LogP contribution in [0.5, 0.6) is 11.5 Å². The van der Waals surface area contributed by atoms with Gasteiger partial charge in [0.15, 0.2) is 11.5 Å². The smallest absolute Gasteiger partial charge is 0.273 e. The Labute approximate surface area is 182 Å². The van der Waals surface area contributed by atoms with Crippen LogP contribution in [0.15, 0.2) is 23.6 Å². The predicted molar refractivity (Wildman–Crippen MR) is 117 cm³/mol. The van der Waals surface area contributed by atoms with Gasteiger partial charge in [0.25, 0.3) is 5.91 Å². The van der Waals surface area contributed by atoms with Gasteiger partial charge in [-0.15, -0.1) is 36.2 Å². The van der Waals surface area contributed by atoms with E-state index >= 15 is 0 Å². The number of benzene rings is 1.